The average molecular weight is 563 g/mol. The number of halogens is 1. The van der Waals surface area contributed by atoms with Gasteiger partial charge in [-0.1, -0.05) is 36.4 Å². The second-order valence-electron chi connectivity index (χ2n) is 7.49. The van der Waals surface area contributed by atoms with Gasteiger partial charge in [-0.05, 0) is 36.6 Å². The lowest BCUT2D eigenvalue weighted by molar-refractivity contribution is 0.110. The molecule has 0 aliphatic rings. The Hall–Kier alpha value is -2.59. The summed E-state index contributed by atoms with van der Waals surface area (Å²) in [7, 11) is 1.78. The van der Waals surface area contributed by atoms with E-state index < -0.39 is 0 Å². The van der Waals surface area contributed by atoms with Gasteiger partial charge in [0.2, 0.25) is 0 Å². The maximum absolute atomic E-state index is 5.93. The van der Waals surface area contributed by atoms with E-state index in [1.165, 1.54) is 16.7 Å². The second-order valence-corrected chi connectivity index (χ2v) is 7.49. The molecule has 0 amide bonds. The zero-order chi connectivity index (χ0) is 22.6. The molecule has 0 saturated heterocycles. The molecule has 3 rings (SSSR count). The van der Waals surface area contributed by atoms with Crippen LogP contribution in [0, 0.1) is 6.92 Å². The molecular formula is C25H34IN5O2. The minimum atomic E-state index is 0. The molecular weight excluding hydrogens is 529 g/mol. The van der Waals surface area contributed by atoms with Crippen molar-refractivity contribution < 1.29 is 9.47 Å². The first-order chi connectivity index (χ1) is 15.7. The molecule has 178 valence electrons. The molecule has 2 N–H and O–H groups in total. The van der Waals surface area contributed by atoms with Crippen LogP contribution in [0.15, 0.2) is 66.2 Å². The van der Waals surface area contributed by atoms with E-state index in [4.69, 9.17) is 9.47 Å². The summed E-state index contributed by atoms with van der Waals surface area (Å²) in [4.78, 5) is 8.43. The van der Waals surface area contributed by atoms with Crippen molar-refractivity contribution in [1.29, 1.82) is 0 Å². The molecule has 1 aromatic heterocycles. The smallest absolute Gasteiger partial charge is 0.191 e. The summed E-state index contributed by atoms with van der Waals surface area (Å²) in [5, 5.41) is 6.75. The highest BCUT2D eigenvalue weighted by Gasteiger charge is 2.06. The van der Waals surface area contributed by atoms with Gasteiger partial charge >= 0.3 is 0 Å². The van der Waals surface area contributed by atoms with Crippen LogP contribution in [0.4, 0.5) is 0 Å². The number of imidazole rings is 1. The van der Waals surface area contributed by atoms with E-state index in [2.05, 4.69) is 74.6 Å². The normalized spacial score (nSPS) is 11.1. The number of nitrogens with one attached hydrogen (secondary N) is 2. The maximum Gasteiger partial charge on any atom is 0.191 e. The van der Waals surface area contributed by atoms with Crippen LogP contribution in [0.3, 0.4) is 0 Å². The van der Waals surface area contributed by atoms with Crippen LogP contribution >= 0.6 is 24.0 Å². The molecule has 0 unspecified atom stereocenters. The first-order valence-electron chi connectivity index (χ1n) is 11.0. The number of hydrogen-bond donors (Lipinski definition) is 2. The third-order valence-corrected chi connectivity index (χ3v) is 4.99. The molecule has 0 aliphatic carbocycles. The number of aromatic nitrogens is 2. The number of benzene rings is 2. The molecule has 8 heteroatoms. The van der Waals surface area contributed by atoms with Crippen molar-refractivity contribution >= 4 is 29.9 Å². The van der Waals surface area contributed by atoms with E-state index in [9.17, 15) is 0 Å². The van der Waals surface area contributed by atoms with Crippen molar-refractivity contribution in [2.24, 2.45) is 4.99 Å². The molecule has 7 nitrogen and oxygen atoms in total. The van der Waals surface area contributed by atoms with E-state index in [0.717, 1.165) is 23.8 Å². The van der Waals surface area contributed by atoms with Crippen molar-refractivity contribution in [3.63, 3.8) is 0 Å². The topological polar surface area (TPSA) is 72.7 Å². The Labute approximate surface area is 213 Å². The van der Waals surface area contributed by atoms with Gasteiger partial charge in [0, 0.05) is 51.2 Å². The zero-order valence-electron chi connectivity index (χ0n) is 19.6. The summed E-state index contributed by atoms with van der Waals surface area (Å²) in [5.74, 6) is 1.62. The Morgan fingerprint density at radius 2 is 1.79 bits per heavy atom. The van der Waals surface area contributed by atoms with E-state index in [-0.39, 0.29) is 24.0 Å². The summed E-state index contributed by atoms with van der Waals surface area (Å²) in [6, 6.07) is 14.8. The summed E-state index contributed by atoms with van der Waals surface area (Å²) < 4.78 is 13.4. The van der Waals surface area contributed by atoms with Gasteiger partial charge in [0.25, 0.3) is 0 Å². The first kappa shape index (κ1) is 26.7. The Morgan fingerprint density at radius 3 is 2.48 bits per heavy atom. The van der Waals surface area contributed by atoms with E-state index in [0.29, 0.717) is 32.9 Å². The van der Waals surface area contributed by atoms with Gasteiger partial charge in [0.05, 0.1) is 12.9 Å². The van der Waals surface area contributed by atoms with E-state index >= 15 is 0 Å². The van der Waals surface area contributed by atoms with Crippen molar-refractivity contribution in [1.82, 2.24) is 20.2 Å². The number of guanidine groups is 1. The quantitative estimate of drug-likeness (QED) is 0.159. The Kier molecular flexibility index (Phi) is 11.7. The summed E-state index contributed by atoms with van der Waals surface area (Å²) in [6.07, 6.45) is 5.59. The molecule has 0 spiro atoms. The number of hydrogen-bond acceptors (Lipinski definition) is 4. The van der Waals surface area contributed by atoms with Gasteiger partial charge in [0.15, 0.2) is 5.96 Å². The number of nitrogens with zero attached hydrogens (tertiary/aromatic N) is 3. The summed E-state index contributed by atoms with van der Waals surface area (Å²) in [6.45, 7) is 7.99. The highest BCUT2D eigenvalue weighted by atomic mass is 127. The van der Waals surface area contributed by atoms with Crippen molar-refractivity contribution in [3.8, 4) is 5.75 Å². The monoisotopic (exact) mass is 563 g/mol. The van der Waals surface area contributed by atoms with Crippen molar-refractivity contribution in [2.45, 2.75) is 33.5 Å². The molecule has 0 radical (unpaired) electrons. The molecule has 1 heterocycles. The Morgan fingerprint density at radius 1 is 1.03 bits per heavy atom. The lowest BCUT2D eigenvalue weighted by Crippen LogP contribution is -2.36. The van der Waals surface area contributed by atoms with Crippen LogP contribution in [0.5, 0.6) is 5.75 Å². The minimum Gasteiger partial charge on any atom is -0.491 e. The maximum atomic E-state index is 5.93. The second kappa shape index (κ2) is 14.5. The molecule has 0 aliphatic heterocycles. The highest BCUT2D eigenvalue weighted by molar-refractivity contribution is 14.0. The van der Waals surface area contributed by atoms with Crippen LogP contribution in [0.2, 0.25) is 0 Å². The molecule has 0 fully saturated rings. The zero-order valence-corrected chi connectivity index (χ0v) is 21.9. The average Bonchev–Trinajstić information content (AvgIpc) is 3.32. The third kappa shape index (κ3) is 9.05. The largest absolute Gasteiger partial charge is 0.491 e. The van der Waals surface area contributed by atoms with Gasteiger partial charge in [-0.3, -0.25) is 4.99 Å². The first-order valence-corrected chi connectivity index (χ1v) is 11.0. The molecule has 3 aromatic rings. The minimum absolute atomic E-state index is 0. The number of aliphatic imine (C=N–C) groups is 1. The van der Waals surface area contributed by atoms with Crippen LogP contribution in [-0.4, -0.2) is 42.4 Å². The predicted octanol–water partition coefficient (Wildman–Crippen LogP) is 4.14. The molecule has 2 aromatic carbocycles. The van der Waals surface area contributed by atoms with Crippen molar-refractivity contribution in [2.75, 3.05) is 26.9 Å². The number of rotatable bonds is 11. The summed E-state index contributed by atoms with van der Waals surface area (Å²) >= 11 is 0. The fraction of sp³-hybridized carbons (Fsp3) is 0.360. The van der Waals surface area contributed by atoms with Crippen LogP contribution in [-0.2, 0) is 24.4 Å². The predicted molar refractivity (Wildman–Crippen MR) is 143 cm³/mol. The Bertz CT molecular complexity index is 975. The number of ether oxygens (including phenoxy) is 2. The fourth-order valence-electron chi connectivity index (χ4n) is 3.24. The number of aryl methyl sites for hydroxylation is 1. The molecule has 0 bridgehead atoms. The molecule has 0 saturated carbocycles. The highest BCUT2D eigenvalue weighted by Crippen LogP contribution is 2.20. The standard InChI is InChI=1S/C25H33N5O2.HI/c1-4-31-13-14-32-24-15-20(2)5-10-23(24)17-29-25(26-3)28-16-21-6-8-22(9-7-21)18-30-12-11-27-19-30;/h5-12,15,19H,4,13-14,16-18H2,1-3H3,(H2,26,28,29);1H. The van der Waals surface area contributed by atoms with Gasteiger partial charge < -0.3 is 24.7 Å². The summed E-state index contributed by atoms with van der Waals surface area (Å²) in [5.41, 5.74) is 4.68. The van der Waals surface area contributed by atoms with Gasteiger partial charge in [-0.2, -0.15) is 0 Å². The van der Waals surface area contributed by atoms with Crippen LogP contribution < -0.4 is 15.4 Å². The van der Waals surface area contributed by atoms with Crippen molar-refractivity contribution in [3.05, 3.63) is 83.4 Å². The van der Waals surface area contributed by atoms with Gasteiger partial charge in [-0.25, -0.2) is 4.98 Å². The van der Waals surface area contributed by atoms with E-state index in [1.807, 2.05) is 19.4 Å². The third-order valence-electron chi connectivity index (χ3n) is 4.99. The lowest BCUT2D eigenvalue weighted by atomic mass is 10.1. The van der Waals surface area contributed by atoms with Crippen LogP contribution in [0.1, 0.15) is 29.2 Å². The Balaban J connectivity index is 0.00000385. The van der Waals surface area contributed by atoms with Gasteiger partial charge in [0.1, 0.15) is 12.4 Å². The van der Waals surface area contributed by atoms with Crippen LogP contribution in [0.25, 0.3) is 0 Å². The molecule has 33 heavy (non-hydrogen) atoms. The molecule has 0 atom stereocenters. The van der Waals surface area contributed by atoms with E-state index in [1.54, 1.807) is 13.2 Å². The lowest BCUT2D eigenvalue weighted by Gasteiger charge is -2.16. The fourth-order valence-corrected chi connectivity index (χ4v) is 3.24. The van der Waals surface area contributed by atoms with Gasteiger partial charge in [-0.15, -0.1) is 24.0 Å². The SMILES string of the molecule is CCOCCOc1cc(C)ccc1CNC(=NC)NCc1ccc(Cn2ccnc2)cc1.I.